The molecule has 0 bridgehead atoms. The summed E-state index contributed by atoms with van der Waals surface area (Å²) in [6.07, 6.45) is 0. The zero-order chi connectivity index (χ0) is 32.3. The molecule has 0 aliphatic heterocycles. The quantitative estimate of drug-likeness (QED) is 0.196. The Labute approximate surface area is 282 Å². The minimum absolute atomic E-state index is 0.591. The fraction of sp³-hybridized carbons (Fsp3) is 0. The standard InChI is InChI=1S/C45H28N4/c1-2-13-33(14-3-1)43-46-44(34-21-18-30(19-22-34)36-23-20-29-10-4-5-15-35(29)28-36)48-45(47-43)49-39-26-24-31-11-6-8-16-37(31)41(39)42-38-17-9-7-12-32(38)25-27-40(42)49/h1-28H. The van der Waals surface area contributed by atoms with Gasteiger partial charge in [-0.25, -0.2) is 4.98 Å². The number of rotatable bonds is 4. The van der Waals surface area contributed by atoms with Crippen LogP contribution in [0.15, 0.2) is 170 Å². The van der Waals surface area contributed by atoms with Crippen LogP contribution in [-0.4, -0.2) is 19.5 Å². The van der Waals surface area contributed by atoms with Gasteiger partial charge in [-0.3, -0.25) is 4.57 Å². The first-order chi connectivity index (χ1) is 24.3. The van der Waals surface area contributed by atoms with Crippen molar-refractivity contribution in [1.82, 2.24) is 19.5 Å². The summed E-state index contributed by atoms with van der Waals surface area (Å²) < 4.78 is 2.21. The van der Waals surface area contributed by atoms with Crippen LogP contribution in [0, 0.1) is 0 Å². The maximum absolute atomic E-state index is 5.22. The number of nitrogens with zero attached hydrogens (tertiary/aromatic N) is 4. The molecule has 0 saturated heterocycles. The molecule has 49 heavy (non-hydrogen) atoms. The van der Waals surface area contributed by atoms with Gasteiger partial charge in [-0.2, -0.15) is 9.97 Å². The van der Waals surface area contributed by atoms with Crippen LogP contribution in [0.25, 0.3) is 94.0 Å². The molecule has 2 aromatic heterocycles. The van der Waals surface area contributed by atoms with E-state index >= 15 is 0 Å². The molecule has 0 spiro atoms. The van der Waals surface area contributed by atoms with E-state index in [1.54, 1.807) is 0 Å². The number of hydrogen-bond acceptors (Lipinski definition) is 3. The van der Waals surface area contributed by atoms with Crippen molar-refractivity contribution >= 4 is 54.1 Å². The minimum atomic E-state index is 0.591. The van der Waals surface area contributed by atoms with E-state index in [0.29, 0.717) is 17.6 Å². The highest BCUT2D eigenvalue weighted by atomic mass is 15.2. The summed E-state index contributed by atoms with van der Waals surface area (Å²) in [5.74, 6) is 1.86. The topological polar surface area (TPSA) is 43.6 Å². The monoisotopic (exact) mass is 624 g/mol. The van der Waals surface area contributed by atoms with Gasteiger partial charge in [0.15, 0.2) is 11.6 Å². The molecular formula is C45H28N4. The van der Waals surface area contributed by atoms with Gasteiger partial charge in [0.25, 0.3) is 0 Å². The highest BCUT2D eigenvalue weighted by molar-refractivity contribution is 6.28. The molecule has 0 unspecified atom stereocenters. The van der Waals surface area contributed by atoms with Crippen molar-refractivity contribution in [3.63, 3.8) is 0 Å². The van der Waals surface area contributed by atoms with Gasteiger partial charge in [-0.1, -0.05) is 152 Å². The van der Waals surface area contributed by atoms with E-state index in [1.165, 1.54) is 48.7 Å². The summed E-state index contributed by atoms with van der Waals surface area (Å²) in [4.78, 5) is 15.4. The molecule has 0 aliphatic rings. The second-order valence-corrected chi connectivity index (χ2v) is 12.5. The highest BCUT2D eigenvalue weighted by Gasteiger charge is 2.20. The zero-order valence-electron chi connectivity index (χ0n) is 26.5. The van der Waals surface area contributed by atoms with Crippen LogP contribution < -0.4 is 0 Å². The summed E-state index contributed by atoms with van der Waals surface area (Å²) >= 11 is 0. The van der Waals surface area contributed by atoms with Crippen molar-refractivity contribution in [3.8, 4) is 39.9 Å². The Hall–Kier alpha value is -6.65. The Kier molecular flexibility index (Phi) is 6.15. The average molecular weight is 625 g/mol. The van der Waals surface area contributed by atoms with E-state index in [1.807, 2.05) is 18.2 Å². The van der Waals surface area contributed by atoms with Crippen molar-refractivity contribution in [2.75, 3.05) is 0 Å². The van der Waals surface area contributed by atoms with Crippen LogP contribution in [0.5, 0.6) is 0 Å². The Morgan fingerprint density at radius 1 is 0.327 bits per heavy atom. The highest BCUT2D eigenvalue weighted by Crippen LogP contribution is 2.40. The molecule has 0 amide bonds. The minimum Gasteiger partial charge on any atom is -0.278 e. The van der Waals surface area contributed by atoms with Crippen molar-refractivity contribution < 1.29 is 0 Å². The molecule has 4 nitrogen and oxygen atoms in total. The van der Waals surface area contributed by atoms with E-state index in [-0.39, 0.29) is 0 Å². The summed E-state index contributed by atoms with van der Waals surface area (Å²) in [7, 11) is 0. The lowest BCUT2D eigenvalue weighted by molar-refractivity contribution is 0.954. The normalized spacial score (nSPS) is 11.7. The maximum atomic E-state index is 5.22. The second kappa shape index (κ2) is 11.0. The van der Waals surface area contributed by atoms with Gasteiger partial charge in [0.1, 0.15) is 0 Å². The zero-order valence-corrected chi connectivity index (χ0v) is 26.5. The van der Waals surface area contributed by atoms with E-state index in [2.05, 4.69) is 156 Å². The van der Waals surface area contributed by atoms with Gasteiger partial charge < -0.3 is 0 Å². The smallest absolute Gasteiger partial charge is 0.238 e. The van der Waals surface area contributed by atoms with Crippen LogP contribution in [0.2, 0.25) is 0 Å². The first-order valence-electron chi connectivity index (χ1n) is 16.5. The van der Waals surface area contributed by atoms with E-state index in [9.17, 15) is 0 Å². The van der Waals surface area contributed by atoms with Crippen LogP contribution >= 0.6 is 0 Å². The van der Waals surface area contributed by atoms with Crippen molar-refractivity contribution in [2.45, 2.75) is 0 Å². The Morgan fingerprint density at radius 3 is 1.43 bits per heavy atom. The predicted molar refractivity (Wildman–Crippen MR) is 203 cm³/mol. The SMILES string of the molecule is c1ccc(-c2nc(-c3ccc(-c4ccc5ccccc5c4)cc3)nc(-n3c4ccc5ccccc5c4c4c5ccccc5ccc43)n2)cc1. The summed E-state index contributed by atoms with van der Waals surface area (Å²) in [6, 6.07) is 59.8. The van der Waals surface area contributed by atoms with Crippen LogP contribution in [0.3, 0.4) is 0 Å². The van der Waals surface area contributed by atoms with E-state index < -0.39 is 0 Å². The Balaban J connectivity index is 1.21. The number of hydrogen-bond donors (Lipinski definition) is 0. The third-order valence-corrected chi connectivity index (χ3v) is 9.63. The molecule has 0 aliphatic carbocycles. The predicted octanol–water partition coefficient (Wildman–Crippen LogP) is 11.4. The molecule has 4 heteroatoms. The van der Waals surface area contributed by atoms with Crippen LogP contribution in [-0.2, 0) is 0 Å². The van der Waals surface area contributed by atoms with E-state index in [0.717, 1.165) is 27.7 Å². The van der Waals surface area contributed by atoms with Gasteiger partial charge >= 0.3 is 0 Å². The molecule has 0 radical (unpaired) electrons. The molecule has 10 aromatic rings. The lowest BCUT2D eigenvalue weighted by atomic mass is 10.00. The van der Waals surface area contributed by atoms with Gasteiger partial charge in [-0.05, 0) is 61.6 Å². The van der Waals surface area contributed by atoms with Gasteiger partial charge in [0.2, 0.25) is 5.95 Å². The van der Waals surface area contributed by atoms with Crippen molar-refractivity contribution in [2.24, 2.45) is 0 Å². The van der Waals surface area contributed by atoms with Gasteiger partial charge in [0, 0.05) is 21.9 Å². The average Bonchev–Trinajstić information content (AvgIpc) is 3.53. The molecule has 2 heterocycles. The molecule has 0 saturated carbocycles. The molecule has 0 atom stereocenters. The maximum Gasteiger partial charge on any atom is 0.238 e. The lowest BCUT2D eigenvalue weighted by Crippen LogP contribution is -2.06. The summed E-state index contributed by atoms with van der Waals surface area (Å²) in [5, 5.41) is 9.69. The largest absolute Gasteiger partial charge is 0.278 e. The first-order valence-corrected chi connectivity index (χ1v) is 16.5. The van der Waals surface area contributed by atoms with Crippen LogP contribution in [0.4, 0.5) is 0 Å². The molecule has 0 fully saturated rings. The molecule has 10 rings (SSSR count). The fourth-order valence-corrected chi connectivity index (χ4v) is 7.25. The third kappa shape index (κ3) is 4.49. The van der Waals surface area contributed by atoms with Gasteiger partial charge in [0.05, 0.1) is 11.0 Å². The fourth-order valence-electron chi connectivity index (χ4n) is 7.25. The van der Waals surface area contributed by atoms with Crippen LogP contribution in [0.1, 0.15) is 0 Å². The first kappa shape index (κ1) is 27.5. The molecule has 0 N–H and O–H groups in total. The second-order valence-electron chi connectivity index (χ2n) is 12.5. The number of fused-ring (bicyclic) bond motifs is 8. The number of benzene rings is 8. The molecule has 8 aromatic carbocycles. The van der Waals surface area contributed by atoms with Gasteiger partial charge in [-0.15, -0.1) is 0 Å². The summed E-state index contributed by atoms with van der Waals surface area (Å²) in [6.45, 7) is 0. The third-order valence-electron chi connectivity index (χ3n) is 9.63. The molecule has 228 valence electrons. The Bertz CT molecular complexity index is 2780. The molecular weight excluding hydrogens is 597 g/mol. The Morgan fingerprint density at radius 2 is 0.796 bits per heavy atom. The number of aromatic nitrogens is 4. The summed E-state index contributed by atoms with van der Waals surface area (Å²) in [5.41, 5.74) is 6.32. The lowest BCUT2D eigenvalue weighted by Gasteiger charge is -2.11. The van der Waals surface area contributed by atoms with Crippen molar-refractivity contribution in [1.29, 1.82) is 0 Å². The van der Waals surface area contributed by atoms with E-state index in [4.69, 9.17) is 15.0 Å². The van der Waals surface area contributed by atoms with Crippen molar-refractivity contribution in [3.05, 3.63) is 170 Å².